The molecule has 692 valence electrons. The summed E-state index contributed by atoms with van der Waals surface area (Å²) in [6.45, 7) is 4.30. The van der Waals surface area contributed by atoms with Crippen molar-refractivity contribution >= 4 is 117 Å². The number of aromatic nitrogens is 9. The van der Waals surface area contributed by atoms with E-state index < -0.39 is 0 Å². The Morgan fingerprint density at radius 1 is 0.185 bits per heavy atom. The summed E-state index contributed by atoms with van der Waals surface area (Å²) in [5.41, 5.74) is 39.8. The van der Waals surface area contributed by atoms with Gasteiger partial charge in [0.25, 0.3) is 0 Å². The van der Waals surface area contributed by atoms with Crippen LogP contribution < -0.4 is 14.7 Å². The van der Waals surface area contributed by atoms with Gasteiger partial charge >= 0.3 is 0 Å². The van der Waals surface area contributed by atoms with Gasteiger partial charge in [0.2, 0.25) is 0 Å². The first kappa shape index (κ1) is 89.1. The van der Waals surface area contributed by atoms with Crippen LogP contribution in [-0.4, -0.2) is 43.6 Å². The molecule has 0 saturated carbocycles. The van der Waals surface area contributed by atoms with Crippen LogP contribution in [0.25, 0.3) is 172 Å². The van der Waals surface area contributed by atoms with Gasteiger partial charge in [0.15, 0.2) is 0 Å². The number of pyridine rings is 6. The Morgan fingerprint density at radius 3 is 0.801 bits per heavy atom. The molecule has 0 N–H and O–H groups in total. The van der Waals surface area contributed by atoms with Gasteiger partial charge in [-0.2, -0.15) is 0 Å². The molecule has 0 saturated heterocycles. The van der Waals surface area contributed by atoms with Gasteiger partial charge in [-0.1, -0.05) is 291 Å². The third-order valence-corrected chi connectivity index (χ3v) is 27.4. The maximum atomic E-state index is 4.89. The molecule has 0 radical (unpaired) electrons. The van der Waals surface area contributed by atoms with Crippen molar-refractivity contribution in [3.63, 3.8) is 0 Å². The highest BCUT2D eigenvalue weighted by Gasteiger charge is 2.28. The van der Waals surface area contributed by atoms with Gasteiger partial charge < -0.3 is 28.4 Å². The Balaban J connectivity index is 0.000000118. The summed E-state index contributed by atoms with van der Waals surface area (Å²) in [5, 5.41) is 7.10. The topological polar surface area (TPSA) is 102 Å². The number of fused-ring (bicyclic) bond motifs is 9. The molecule has 0 aliphatic heterocycles. The lowest BCUT2D eigenvalue weighted by Gasteiger charge is -2.28. The van der Waals surface area contributed by atoms with Crippen molar-refractivity contribution < 1.29 is 0 Å². The minimum absolute atomic E-state index is 0.895. The van der Waals surface area contributed by atoms with E-state index >= 15 is 0 Å². The number of hydrogen-bond donors (Lipinski definition) is 0. The Kier molecular flexibility index (Phi) is 24.4. The maximum absolute atomic E-state index is 4.89. The zero-order valence-corrected chi connectivity index (χ0v) is 80.3. The first-order chi connectivity index (χ1) is 72.3. The molecule has 0 amide bonds. The lowest BCUT2D eigenvalue weighted by Crippen LogP contribution is -2.11. The third-order valence-electron chi connectivity index (χ3n) is 27.4. The average molecular weight is 1870 g/mol. The average Bonchev–Trinajstić information content (AvgIpc) is 1.58. The highest BCUT2D eigenvalue weighted by Crippen LogP contribution is 2.51. The monoisotopic (exact) mass is 1870 g/mol. The standard InChI is InChI=1S/C47H34N4.C46H32N4.C41H30N4/c1-33-21-23-39(24-22-33)50(41-29-37(34-12-4-2-5-13-34)28-38(30-41)35-14-6-3-7-15-35)45-19-10-20-46-47(45)42-17-8-9-18-44(42)51(46)40-25-26-43(49-32-40)36-16-11-27-48-31-36;1-3-11-33(12-4-1)35-20-24-38(25-21-35)49(39-26-22-36(23-27-39)34-13-5-2-6-14-34)44-18-9-19-45-46(44)41-16-7-8-17-43(41)50(45)40-28-29-42(48-32-40)37-15-10-30-47-31-37;1-29-11-5-6-15-35(29)30-20-22-33(23-21-30)44(32-13-3-2-4-14-32)39-18-9-19-40-41(39)36-16-7-8-17-38(36)45(40)34-24-25-37(43-28-34)31-12-10-26-42-27-31/h2-32H,1H3;1-32H;2-28H,1H3. The molecule has 0 fully saturated rings. The lowest BCUT2D eigenvalue weighted by atomic mass is 9.97. The van der Waals surface area contributed by atoms with Crippen LogP contribution >= 0.6 is 0 Å². The summed E-state index contributed by atoms with van der Waals surface area (Å²) in [7, 11) is 0. The fourth-order valence-electron chi connectivity index (χ4n) is 20.4. The van der Waals surface area contributed by atoms with E-state index in [9.17, 15) is 0 Å². The predicted molar refractivity (Wildman–Crippen MR) is 606 cm³/mol. The lowest BCUT2D eigenvalue weighted by molar-refractivity contribution is 1.14. The fourth-order valence-corrected chi connectivity index (χ4v) is 20.4. The normalized spacial score (nSPS) is 11.2. The molecular weight excluding hydrogens is 1780 g/mol. The van der Waals surface area contributed by atoms with E-state index in [1.807, 2.05) is 73.6 Å². The smallest absolute Gasteiger partial charge is 0.0719 e. The molecule has 12 heteroatoms. The van der Waals surface area contributed by atoms with Crippen molar-refractivity contribution in [3.8, 4) is 106 Å². The van der Waals surface area contributed by atoms with E-state index in [-0.39, 0.29) is 0 Å². The SMILES string of the molecule is Cc1ccc(N(c2cc(-c3ccccc3)cc(-c3ccccc3)c2)c2cccc3c2c2ccccc2n3-c2ccc(-c3cccnc3)nc2)cc1.Cc1ccccc1-c1ccc(N(c2ccccc2)c2cccc3c2c2ccccc2n3-c2ccc(-c3cccnc3)nc2)cc1.c1ccc(-c2ccc(N(c3ccc(-c4ccccc4)cc3)c3cccc4c3c3ccccc3n4-c3ccc(-c4cccnc4)nc3)cc2)cc1. The van der Waals surface area contributed by atoms with Crippen molar-refractivity contribution in [3.05, 3.63) is 558 Å². The number of para-hydroxylation sites is 4. The molecular formula is C134H96N12. The van der Waals surface area contributed by atoms with Crippen LogP contribution in [0.2, 0.25) is 0 Å². The zero-order chi connectivity index (χ0) is 97.6. The maximum Gasteiger partial charge on any atom is 0.0719 e. The molecule has 9 heterocycles. The Hall–Kier alpha value is -19.6. The van der Waals surface area contributed by atoms with Crippen LogP contribution in [-0.2, 0) is 0 Å². The fraction of sp³-hybridized carbons (Fsp3) is 0.0149. The van der Waals surface area contributed by atoms with E-state index in [0.29, 0.717) is 0 Å². The van der Waals surface area contributed by atoms with Crippen LogP contribution in [0, 0.1) is 13.8 Å². The quantitative estimate of drug-likeness (QED) is 0.0738. The number of aryl methyl sites for hydroxylation is 2. The number of anilines is 9. The molecule has 0 atom stereocenters. The van der Waals surface area contributed by atoms with Crippen molar-refractivity contribution in [2.24, 2.45) is 0 Å². The molecule has 9 aromatic heterocycles. The summed E-state index contributed by atoms with van der Waals surface area (Å²) in [6.07, 6.45) is 16.8. The molecule has 12 nitrogen and oxygen atoms in total. The molecule has 0 spiro atoms. The number of hydrogen-bond acceptors (Lipinski definition) is 9. The molecule has 0 bridgehead atoms. The number of nitrogens with zero attached hydrogens (tertiary/aromatic N) is 12. The second-order valence-electron chi connectivity index (χ2n) is 36.4. The minimum atomic E-state index is 0.895. The van der Waals surface area contributed by atoms with Gasteiger partial charge in [0.05, 0.1) is 103 Å². The van der Waals surface area contributed by atoms with Crippen LogP contribution in [0.3, 0.4) is 0 Å². The number of benzene rings is 17. The second kappa shape index (κ2) is 40.0. The molecule has 26 aromatic rings. The van der Waals surface area contributed by atoms with Crippen molar-refractivity contribution in [1.82, 2.24) is 43.6 Å². The van der Waals surface area contributed by atoms with Crippen molar-refractivity contribution in [2.75, 3.05) is 14.7 Å². The predicted octanol–water partition coefficient (Wildman–Crippen LogP) is 35.1. The molecule has 146 heavy (non-hydrogen) atoms. The van der Waals surface area contributed by atoms with E-state index in [2.05, 4.69) is 512 Å². The largest absolute Gasteiger partial charge is 0.310 e. The van der Waals surface area contributed by atoms with Crippen molar-refractivity contribution in [2.45, 2.75) is 13.8 Å². The van der Waals surface area contributed by atoms with Gasteiger partial charge in [0.1, 0.15) is 0 Å². The highest BCUT2D eigenvalue weighted by molar-refractivity contribution is 6.20. The van der Waals surface area contributed by atoms with Gasteiger partial charge in [-0.05, 0) is 281 Å². The van der Waals surface area contributed by atoms with Gasteiger partial charge in [-0.25, -0.2) is 0 Å². The van der Waals surface area contributed by atoms with E-state index in [1.165, 1.54) is 99.1 Å². The molecule has 0 unspecified atom stereocenters. The molecule has 0 aliphatic carbocycles. The zero-order valence-electron chi connectivity index (χ0n) is 80.3. The molecule has 0 aliphatic rings. The van der Waals surface area contributed by atoms with Crippen LogP contribution in [0.5, 0.6) is 0 Å². The van der Waals surface area contributed by atoms with Crippen LogP contribution in [0.1, 0.15) is 11.1 Å². The van der Waals surface area contributed by atoms with E-state index in [4.69, 9.17) is 15.0 Å². The first-order valence-electron chi connectivity index (χ1n) is 49.2. The van der Waals surface area contributed by atoms with Gasteiger partial charge in [-0.3, -0.25) is 29.9 Å². The molecule has 26 rings (SSSR count). The van der Waals surface area contributed by atoms with E-state index in [0.717, 1.165) is 135 Å². The van der Waals surface area contributed by atoms with Crippen LogP contribution in [0.4, 0.5) is 51.2 Å². The van der Waals surface area contributed by atoms with Crippen molar-refractivity contribution in [1.29, 1.82) is 0 Å². The Bertz CT molecular complexity index is 8950. The highest BCUT2D eigenvalue weighted by atomic mass is 15.2. The third kappa shape index (κ3) is 17.6. The summed E-state index contributed by atoms with van der Waals surface area (Å²) >= 11 is 0. The second-order valence-corrected chi connectivity index (χ2v) is 36.4. The van der Waals surface area contributed by atoms with Crippen LogP contribution in [0.15, 0.2) is 547 Å². The van der Waals surface area contributed by atoms with Gasteiger partial charge in [-0.15, -0.1) is 0 Å². The Morgan fingerprint density at radius 2 is 0.466 bits per heavy atom. The molecule has 17 aromatic carbocycles. The summed E-state index contributed by atoms with van der Waals surface area (Å²) < 4.78 is 6.97. The van der Waals surface area contributed by atoms with Gasteiger partial charge in [0, 0.05) is 120 Å². The number of rotatable bonds is 20. The summed E-state index contributed by atoms with van der Waals surface area (Å²) in [4.78, 5) is 34.6. The first-order valence-corrected chi connectivity index (χ1v) is 49.2. The van der Waals surface area contributed by atoms with E-state index in [1.54, 1.807) is 18.6 Å². The minimum Gasteiger partial charge on any atom is -0.310 e. The summed E-state index contributed by atoms with van der Waals surface area (Å²) in [6, 6.07) is 174. The summed E-state index contributed by atoms with van der Waals surface area (Å²) in [5.74, 6) is 0. The Labute approximate surface area is 847 Å².